The van der Waals surface area contributed by atoms with Gasteiger partial charge in [-0.15, -0.1) is 11.3 Å². The second kappa shape index (κ2) is 8.75. The maximum Gasteiger partial charge on any atom is 0.265 e. The molecule has 0 aliphatic rings. The molecule has 0 unspecified atom stereocenters. The van der Waals surface area contributed by atoms with E-state index in [0.29, 0.717) is 33.6 Å². The topological polar surface area (TPSA) is 84.2 Å². The summed E-state index contributed by atoms with van der Waals surface area (Å²) in [7, 11) is 0. The van der Waals surface area contributed by atoms with Crippen LogP contribution in [0.3, 0.4) is 0 Å². The van der Waals surface area contributed by atoms with Gasteiger partial charge in [-0.2, -0.15) is 0 Å². The van der Waals surface area contributed by atoms with Gasteiger partial charge >= 0.3 is 0 Å². The van der Waals surface area contributed by atoms with Gasteiger partial charge in [0, 0.05) is 16.9 Å². The van der Waals surface area contributed by atoms with Crippen molar-refractivity contribution in [2.24, 2.45) is 0 Å². The van der Waals surface area contributed by atoms with E-state index in [4.69, 9.17) is 4.42 Å². The maximum absolute atomic E-state index is 12.5. The summed E-state index contributed by atoms with van der Waals surface area (Å²) in [5.74, 6) is 0.711. The molecule has 0 spiro atoms. The first-order valence-electron chi connectivity index (χ1n) is 9.35. The van der Waals surface area contributed by atoms with Gasteiger partial charge < -0.3 is 15.1 Å². The van der Waals surface area contributed by atoms with Crippen LogP contribution in [0.1, 0.15) is 21.1 Å². The van der Waals surface area contributed by atoms with E-state index in [2.05, 4.69) is 15.6 Å². The smallest absolute Gasteiger partial charge is 0.265 e. The Morgan fingerprint density at radius 2 is 1.73 bits per heavy atom. The largest absolute Gasteiger partial charge is 0.441 e. The Morgan fingerprint density at radius 1 is 0.967 bits per heavy atom. The fraction of sp³-hybridized carbons (Fsp3) is 0.0870. The van der Waals surface area contributed by atoms with Gasteiger partial charge in [0.25, 0.3) is 5.91 Å². The van der Waals surface area contributed by atoms with Gasteiger partial charge in [-0.05, 0) is 48.7 Å². The molecule has 0 fully saturated rings. The molecular formula is C23H19N3O3S. The maximum atomic E-state index is 12.5. The van der Waals surface area contributed by atoms with Gasteiger partial charge in [0.15, 0.2) is 0 Å². The first kappa shape index (κ1) is 19.6. The molecule has 0 bridgehead atoms. The minimum absolute atomic E-state index is 0.0912. The summed E-state index contributed by atoms with van der Waals surface area (Å²) < 4.78 is 5.71. The van der Waals surface area contributed by atoms with Crippen LogP contribution in [0.25, 0.3) is 11.5 Å². The van der Waals surface area contributed by atoms with Crippen LogP contribution in [0.15, 0.2) is 76.5 Å². The monoisotopic (exact) mass is 417 g/mol. The van der Waals surface area contributed by atoms with Crippen molar-refractivity contribution in [1.82, 2.24) is 4.98 Å². The third-order valence-electron chi connectivity index (χ3n) is 4.39. The molecule has 0 saturated carbocycles. The summed E-state index contributed by atoms with van der Waals surface area (Å²) in [4.78, 5) is 29.8. The molecule has 2 heterocycles. The summed E-state index contributed by atoms with van der Waals surface area (Å²) in [6.07, 6.45) is 0.0912. The van der Waals surface area contributed by atoms with E-state index in [1.807, 2.05) is 41.8 Å². The lowest BCUT2D eigenvalue weighted by molar-refractivity contribution is -0.115. The molecule has 2 amide bonds. The number of oxazole rings is 1. The predicted molar refractivity (Wildman–Crippen MR) is 118 cm³/mol. The van der Waals surface area contributed by atoms with Crippen molar-refractivity contribution < 1.29 is 14.0 Å². The quantitative estimate of drug-likeness (QED) is 0.455. The minimum Gasteiger partial charge on any atom is -0.441 e. The molecule has 0 aliphatic carbocycles. The lowest BCUT2D eigenvalue weighted by atomic mass is 10.2. The minimum atomic E-state index is -0.215. The molecule has 2 aromatic carbocycles. The van der Waals surface area contributed by atoms with Crippen molar-refractivity contribution in [3.63, 3.8) is 0 Å². The van der Waals surface area contributed by atoms with E-state index in [1.165, 1.54) is 11.3 Å². The first-order chi connectivity index (χ1) is 14.6. The zero-order valence-electron chi connectivity index (χ0n) is 16.2. The number of nitrogens with zero attached hydrogens (tertiary/aromatic N) is 1. The third-order valence-corrected chi connectivity index (χ3v) is 5.26. The number of aromatic nitrogens is 1. The molecule has 6 nitrogen and oxygen atoms in total. The number of anilines is 2. The summed E-state index contributed by atoms with van der Waals surface area (Å²) in [6, 6.07) is 20.2. The molecule has 4 rings (SSSR count). The van der Waals surface area contributed by atoms with Gasteiger partial charge in [-0.3, -0.25) is 9.59 Å². The molecule has 7 heteroatoms. The van der Waals surface area contributed by atoms with E-state index in [9.17, 15) is 9.59 Å². The number of hydrogen-bond acceptors (Lipinski definition) is 5. The number of carbonyl (C=O) groups excluding carboxylic acids is 2. The van der Waals surface area contributed by atoms with Crippen LogP contribution in [0, 0.1) is 6.92 Å². The molecule has 2 N–H and O–H groups in total. The van der Waals surface area contributed by atoms with Crippen molar-refractivity contribution in [3.05, 3.63) is 88.4 Å². The predicted octanol–water partition coefficient (Wildman–Crippen LogP) is 5.15. The highest BCUT2D eigenvalue weighted by Crippen LogP contribution is 2.22. The number of aryl methyl sites for hydroxylation is 1. The van der Waals surface area contributed by atoms with Crippen molar-refractivity contribution in [1.29, 1.82) is 0 Å². The molecule has 30 heavy (non-hydrogen) atoms. The van der Waals surface area contributed by atoms with Gasteiger partial charge in [-0.1, -0.05) is 30.3 Å². The molecular weight excluding hydrogens is 398 g/mol. The van der Waals surface area contributed by atoms with Gasteiger partial charge in [0.05, 0.1) is 17.0 Å². The number of benzene rings is 2. The summed E-state index contributed by atoms with van der Waals surface area (Å²) in [6.45, 7) is 1.79. The van der Waals surface area contributed by atoms with Crippen LogP contribution in [-0.4, -0.2) is 16.8 Å². The van der Waals surface area contributed by atoms with E-state index in [1.54, 1.807) is 37.3 Å². The summed E-state index contributed by atoms with van der Waals surface area (Å²) >= 11 is 1.37. The van der Waals surface area contributed by atoms with Crippen LogP contribution in [-0.2, 0) is 11.2 Å². The average Bonchev–Trinajstić information content (AvgIpc) is 3.40. The molecule has 2 aromatic heterocycles. The highest BCUT2D eigenvalue weighted by atomic mass is 32.1. The molecule has 0 atom stereocenters. The lowest BCUT2D eigenvalue weighted by Crippen LogP contribution is -2.16. The normalized spacial score (nSPS) is 10.6. The number of thiophene rings is 1. The van der Waals surface area contributed by atoms with Crippen LogP contribution in [0.5, 0.6) is 0 Å². The van der Waals surface area contributed by atoms with Gasteiger partial charge in [-0.25, -0.2) is 4.98 Å². The highest BCUT2D eigenvalue weighted by molar-refractivity contribution is 7.12. The second-order valence-corrected chi connectivity index (χ2v) is 7.57. The number of rotatable bonds is 6. The van der Waals surface area contributed by atoms with Crippen LogP contribution < -0.4 is 10.6 Å². The lowest BCUT2D eigenvalue weighted by Gasteiger charge is -2.08. The third kappa shape index (κ3) is 4.64. The standard InChI is InChI=1S/C23H19N3O3S/c1-15-19(26-23(29-15)16-7-3-2-4-8-16)14-21(27)24-17-9-5-10-18(13-17)25-22(28)20-11-6-12-30-20/h2-13H,14H2,1H3,(H,24,27)(H,25,28). The Hall–Kier alpha value is -3.71. The summed E-state index contributed by atoms with van der Waals surface area (Å²) in [5, 5.41) is 7.52. The molecule has 4 aromatic rings. The Labute approximate surface area is 177 Å². The highest BCUT2D eigenvalue weighted by Gasteiger charge is 2.15. The van der Waals surface area contributed by atoms with Crippen molar-refractivity contribution in [2.75, 3.05) is 10.6 Å². The zero-order chi connectivity index (χ0) is 20.9. The fourth-order valence-electron chi connectivity index (χ4n) is 2.93. The molecule has 150 valence electrons. The Bertz CT molecular complexity index is 1170. The Morgan fingerprint density at radius 3 is 2.47 bits per heavy atom. The Balaban J connectivity index is 1.41. The van der Waals surface area contributed by atoms with Crippen molar-refractivity contribution in [2.45, 2.75) is 13.3 Å². The van der Waals surface area contributed by atoms with Crippen molar-refractivity contribution >= 4 is 34.5 Å². The molecule has 0 aliphatic heterocycles. The van der Waals surface area contributed by atoms with E-state index in [0.717, 1.165) is 5.56 Å². The SMILES string of the molecule is Cc1oc(-c2ccccc2)nc1CC(=O)Nc1cccc(NC(=O)c2cccs2)c1. The van der Waals surface area contributed by atoms with Crippen LogP contribution in [0.4, 0.5) is 11.4 Å². The number of hydrogen-bond donors (Lipinski definition) is 2. The number of nitrogens with one attached hydrogen (secondary N) is 2. The second-order valence-electron chi connectivity index (χ2n) is 6.63. The van der Waals surface area contributed by atoms with E-state index < -0.39 is 0 Å². The van der Waals surface area contributed by atoms with E-state index in [-0.39, 0.29) is 18.2 Å². The molecule has 0 saturated heterocycles. The van der Waals surface area contributed by atoms with Crippen LogP contribution in [0.2, 0.25) is 0 Å². The zero-order valence-corrected chi connectivity index (χ0v) is 17.0. The molecule has 0 radical (unpaired) electrons. The van der Waals surface area contributed by atoms with Gasteiger partial charge in [0.1, 0.15) is 5.76 Å². The van der Waals surface area contributed by atoms with Gasteiger partial charge in [0.2, 0.25) is 11.8 Å². The van der Waals surface area contributed by atoms with Crippen LogP contribution >= 0.6 is 11.3 Å². The Kier molecular flexibility index (Phi) is 5.72. The first-order valence-corrected chi connectivity index (χ1v) is 10.2. The fourth-order valence-corrected chi connectivity index (χ4v) is 3.55. The number of amides is 2. The summed E-state index contributed by atoms with van der Waals surface area (Å²) in [5.41, 5.74) is 2.65. The van der Waals surface area contributed by atoms with Crippen molar-refractivity contribution in [3.8, 4) is 11.5 Å². The van der Waals surface area contributed by atoms with E-state index >= 15 is 0 Å². The average molecular weight is 417 g/mol. The number of carbonyl (C=O) groups is 2.